The third-order valence-electron chi connectivity index (χ3n) is 2.84. The second kappa shape index (κ2) is 7.13. The molecule has 0 saturated heterocycles. The number of hydrogen-bond acceptors (Lipinski definition) is 3. The largest absolute Gasteiger partial charge is 0.352 e. The molecule has 1 aromatic rings. The first kappa shape index (κ1) is 14.7. The van der Waals surface area contributed by atoms with Gasteiger partial charge in [-0.25, -0.2) is 0 Å². The van der Waals surface area contributed by atoms with Gasteiger partial charge >= 0.3 is 0 Å². The zero-order valence-corrected chi connectivity index (χ0v) is 11.4. The summed E-state index contributed by atoms with van der Waals surface area (Å²) >= 11 is 0. The number of benzene rings is 1. The fourth-order valence-electron chi connectivity index (χ4n) is 1.67. The molecule has 0 heterocycles. The Labute approximate surface area is 109 Å². The summed E-state index contributed by atoms with van der Waals surface area (Å²) in [5.74, 6) is -0.118. The molecule has 100 valence electrons. The maximum atomic E-state index is 11.9. The van der Waals surface area contributed by atoms with E-state index in [1.165, 1.54) is 0 Å². The Hall–Kier alpha value is -1.39. The minimum absolute atomic E-state index is 0.118. The fraction of sp³-hybridized carbons (Fsp3) is 0.500. The normalized spacial score (nSPS) is 14.3. The molecule has 2 atom stereocenters. The van der Waals surface area contributed by atoms with Crippen molar-refractivity contribution >= 4 is 5.91 Å². The van der Waals surface area contributed by atoms with Crippen LogP contribution in [0, 0.1) is 0 Å². The van der Waals surface area contributed by atoms with Gasteiger partial charge in [-0.1, -0.05) is 30.3 Å². The van der Waals surface area contributed by atoms with Gasteiger partial charge in [0.2, 0.25) is 5.91 Å². The second-order valence-corrected chi connectivity index (χ2v) is 4.89. The molecule has 0 aliphatic rings. The molecule has 0 aliphatic heterocycles. The summed E-state index contributed by atoms with van der Waals surface area (Å²) in [6, 6.07) is 8.97. The van der Waals surface area contributed by atoms with Gasteiger partial charge in [-0.3, -0.25) is 4.79 Å². The van der Waals surface area contributed by atoms with Crippen molar-refractivity contribution in [2.75, 3.05) is 20.6 Å². The standard InChI is InChI=1S/C14H23N3O/c1-11(9-10-17(2)3)16-14(18)13(15)12-7-5-4-6-8-12/h4-8,11,13H,9-10,15H2,1-3H3,(H,16,18)/t11?,13-/m1/s1. The topological polar surface area (TPSA) is 58.4 Å². The van der Waals surface area contributed by atoms with Crippen LogP contribution in [0.1, 0.15) is 24.9 Å². The highest BCUT2D eigenvalue weighted by Gasteiger charge is 2.17. The lowest BCUT2D eigenvalue weighted by Gasteiger charge is -2.19. The first-order valence-corrected chi connectivity index (χ1v) is 6.26. The number of amides is 1. The smallest absolute Gasteiger partial charge is 0.241 e. The molecule has 4 heteroatoms. The number of carbonyl (C=O) groups excluding carboxylic acids is 1. The minimum Gasteiger partial charge on any atom is -0.352 e. The predicted molar refractivity (Wildman–Crippen MR) is 74.1 cm³/mol. The molecule has 0 radical (unpaired) electrons. The number of nitrogens with two attached hydrogens (primary N) is 1. The number of hydrogen-bond donors (Lipinski definition) is 2. The van der Waals surface area contributed by atoms with E-state index in [0.29, 0.717) is 0 Å². The Morgan fingerprint density at radius 1 is 1.33 bits per heavy atom. The quantitative estimate of drug-likeness (QED) is 0.795. The number of nitrogens with one attached hydrogen (secondary N) is 1. The molecule has 0 saturated carbocycles. The lowest BCUT2D eigenvalue weighted by Crippen LogP contribution is -2.40. The molecule has 1 amide bonds. The van der Waals surface area contributed by atoms with E-state index in [1.54, 1.807) is 0 Å². The van der Waals surface area contributed by atoms with E-state index in [-0.39, 0.29) is 11.9 Å². The summed E-state index contributed by atoms with van der Waals surface area (Å²) in [7, 11) is 4.04. The summed E-state index contributed by atoms with van der Waals surface area (Å²) in [6.07, 6.45) is 0.917. The van der Waals surface area contributed by atoms with Crippen molar-refractivity contribution in [2.45, 2.75) is 25.4 Å². The number of carbonyl (C=O) groups is 1. The van der Waals surface area contributed by atoms with Crippen LogP contribution in [0.4, 0.5) is 0 Å². The van der Waals surface area contributed by atoms with E-state index in [1.807, 2.05) is 51.4 Å². The zero-order valence-electron chi connectivity index (χ0n) is 11.4. The summed E-state index contributed by atoms with van der Waals surface area (Å²) in [5.41, 5.74) is 6.76. The van der Waals surface area contributed by atoms with Crippen molar-refractivity contribution < 1.29 is 4.79 Å². The van der Waals surface area contributed by atoms with Gasteiger partial charge in [-0.05, 0) is 39.5 Å². The summed E-state index contributed by atoms with van der Waals surface area (Å²) in [5, 5.41) is 2.94. The van der Waals surface area contributed by atoms with Gasteiger partial charge in [0.05, 0.1) is 0 Å². The van der Waals surface area contributed by atoms with Crippen molar-refractivity contribution in [2.24, 2.45) is 5.73 Å². The van der Waals surface area contributed by atoms with E-state index in [4.69, 9.17) is 5.73 Å². The maximum Gasteiger partial charge on any atom is 0.241 e. The summed E-state index contributed by atoms with van der Waals surface area (Å²) in [6.45, 7) is 2.95. The lowest BCUT2D eigenvalue weighted by molar-refractivity contribution is -0.123. The van der Waals surface area contributed by atoms with Crippen LogP contribution in [-0.2, 0) is 4.79 Å². The first-order chi connectivity index (χ1) is 8.50. The van der Waals surface area contributed by atoms with Gasteiger partial charge in [0, 0.05) is 6.04 Å². The molecule has 0 fully saturated rings. The summed E-state index contributed by atoms with van der Waals surface area (Å²) in [4.78, 5) is 14.0. The highest BCUT2D eigenvalue weighted by molar-refractivity contribution is 5.83. The number of rotatable bonds is 6. The Kier molecular flexibility index (Phi) is 5.82. The highest BCUT2D eigenvalue weighted by Crippen LogP contribution is 2.09. The van der Waals surface area contributed by atoms with Crippen LogP contribution in [-0.4, -0.2) is 37.5 Å². The maximum absolute atomic E-state index is 11.9. The van der Waals surface area contributed by atoms with Crippen molar-refractivity contribution in [3.05, 3.63) is 35.9 Å². The van der Waals surface area contributed by atoms with Crippen LogP contribution in [0.3, 0.4) is 0 Å². The Bertz CT molecular complexity index is 365. The van der Waals surface area contributed by atoms with E-state index >= 15 is 0 Å². The van der Waals surface area contributed by atoms with Crippen molar-refractivity contribution in [1.29, 1.82) is 0 Å². The average Bonchev–Trinajstić information content (AvgIpc) is 2.36. The molecule has 4 nitrogen and oxygen atoms in total. The van der Waals surface area contributed by atoms with Gasteiger partial charge in [-0.2, -0.15) is 0 Å². The molecule has 0 spiro atoms. The van der Waals surface area contributed by atoms with E-state index < -0.39 is 6.04 Å². The van der Waals surface area contributed by atoms with Gasteiger partial charge in [0.15, 0.2) is 0 Å². The Balaban J connectivity index is 2.45. The monoisotopic (exact) mass is 249 g/mol. The molecular formula is C14H23N3O. The first-order valence-electron chi connectivity index (χ1n) is 6.26. The van der Waals surface area contributed by atoms with Crippen LogP contribution in [0.5, 0.6) is 0 Å². The second-order valence-electron chi connectivity index (χ2n) is 4.89. The highest BCUT2D eigenvalue weighted by atomic mass is 16.2. The average molecular weight is 249 g/mol. The SMILES string of the molecule is CC(CCN(C)C)NC(=O)[C@H](N)c1ccccc1. The van der Waals surface area contributed by atoms with E-state index in [0.717, 1.165) is 18.5 Å². The zero-order chi connectivity index (χ0) is 13.5. The van der Waals surface area contributed by atoms with E-state index in [9.17, 15) is 4.79 Å². The van der Waals surface area contributed by atoms with Gasteiger partial charge in [0.1, 0.15) is 6.04 Å². The lowest BCUT2D eigenvalue weighted by atomic mass is 10.1. The van der Waals surface area contributed by atoms with Gasteiger partial charge in [0.25, 0.3) is 0 Å². The van der Waals surface area contributed by atoms with Crippen molar-refractivity contribution in [3.8, 4) is 0 Å². The van der Waals surface area contributed by atoms with Crippen molar-refractivity contribution in [3.63, 3.8) is 0 Å². The van der Waals surface area contributed by atoms with Crippen LogP contribution in [0.15, 0.2) is 30.3 Å². The minimum atomic E-state index is -0.590. The Morgan fingerprint density at radius 3 is 2.50 bits per heavy atom. The molecule has 18 heavy (non-hydrogen) atoms. The van der Waals surface area contributed by atoms with Crippen LogP contribution in [0.25, 0.3) is 0 Å². The van der Waals surface area contributed by atoms with Gasteiger partial charge in [-0.15, -0.1) is 0 Å². The van der Waals surface area contributed by atoms with E-state index in [2.05, 4.69) is 10.2 Å². The molecule has 1 unspecified atom stereocenters. The molecule has 0 aromatic heterocycles. The van der Waals surface area contributed by atoms with Crippen LogP contribution >= 0.6 is 0 Å². The summed E-state index contributed by atoms with van der Waals surface area (Å²) < 4.78 is 0. The predicted octanol–water partition coefficient (Wildman–Crippen LogP) is 1.14. The Morgan fingerprint density at radius 2 is 1.94 bits per heavy atom. The molecule has 3 N–H and O–H groups in total. The third kappa shape index (κ3) is 4.85. The third-order valence-corrected chi connectivity index (χ3v) is 2.84. The molecule has 1 aromatic carbocycles. The fourth-order valence-corrected chi connectivity index (χ4v) is 1.67. The number of nitrogens with zero attached hydrogens (tertiary/aromatic N) is 1. The van der Waals surface area contributed by atoms with Crippen LogP contribution in [0.2, 0.25) is 0 Å². The van der Waals surface area contributed by atoms with Gasteiger partial charge < -0.3 is 16.0 Å². The molecular weight excluding hydrogens is 226 g/mol. The molecule has 1 rings (SSSR count). The van der Waals surface area contributed by atoms with Crippen LogP contribution < -0.4 is 11.1 Å². The molecule has 0 bridgehead atoms. The van der Waals surface area contributed by atoms with Crippen molar-refractivity contribution in [1.82, 2.24) is 10.2 Å². The molecule has 0 aliphatic carbocycles.